The van der Waals surface area contributed by atoms with Crippen molar-refractivity contribution in [1.82, 2.24) is 5.32 Å². The van der Waals surface area contributed by atoms with Crippen LogP contribution in [0.5, 0.6) is 0 Å². The number of carbonyl (C=O) groups excluding carboxylic acids is 1. The van der Waals surface area contributed by atoms with Crippen molar-refractivity contribution in [3.63, 3.8) is 0 Å². The zero-order chi connectivity index (χ0) is 14.1. The Balaban J connectivity index is 3.09. The van der Waals surface area contributed by atoms with Gasteiger partial charge >= 0.3 is 5.97 Å². The third kappa shape index (κ3) is 2.44. The van der Waals surface area contributed by atoms with E-state index < -0.39 is 48.6 Å². The molecule has 1 saturated heterocycles. The smallest absolute Gasteiger partial charge is 0.366 e. The van der Waals surface area contributed by atoms with E-state index in [1.165, 1.54) is 0 Å². The maximum Gasteiger partial charge on any atom is 0.366 e. The molecule has 1 aliphatic heterocycles. The highest BCUT2D eigenvalue weighted by atomic mass is 16.7. The van der Waals surface area contributed by atoms with Crippen LogP contribution in [0.1, 0.15) is 6.92 Å². The molecule has 0 aromatic rings. The number of hydrogen-bond donors (Lipinski definition) is 6. The predicted molar refractivity (Wildman–Crippen MR) is 54.2 cm³/mol. The highest BCUT2D eigenvalue weighted by Crippen LogP contribution is 2.28. The summed E-state index contributed by atoms with van der Waals surface area (Å²) >= 11 is 0. The summed E-state index contributed by atoms with van der Waals surface area (Å²) in [6.45, 7) is 0.236. The number of rotatable bonds is 3. The Bertz CT molecular complexity index is 347. The van der Waals surface area contributed by atoms with Crippen LogP contribution < -0.4 is 5.32 Å². The van der Waals surface area contributed by atoms with E-state index in [2.05, 4.69) is 4.74 Å². The van der Waals surface area contributed by atoms with E-state index in [4.69, 9.17) is 10.2 Å². The van der Waals surface area contributed by atoms with Gasteiger partial charge in [0.05, 0.1) is 6.61 Å². The van der Waals surface area contributed by atoms with Gasteiger partial charge in [0, 0.05) is 6.92 Å². The second-order valence-corrected chi connectivity index (χ2v) is 4.00. The maximum absolute atomic E-state index is 11.0. The molecule has 0 aromatic carbocycles. The van der Waals surface area contributed by atoms with Gasteiger partial charge in [0.25, 0.3) is 5.79 Å². The summed E-state index contributed by atoms with van der Waals surface area (Å²) < 4.78 is 4.66. The molecule has 9 heteroatoms. The molecule has 0 saturated carbocycles. The molecule has 1 unspecified atom stereocenters. The van der Waals surface area contributed by atoms with E-state index in [-0.39, 0.29) is 0 Å². The van der Waals surface area contributed by atoms with Crippen molar-refractivity contribution in [2.45, 2.75) is 37.1 Å². The molecule has 1 aliphatic rings. The van der Waals surface area contributed by atoms with Gasteiger partial charge in [-0.25, -0.2) is 4.79 Å². The molecule has 1 heterocycles. The lowest BCUT2D eigenvalue weighted by atomic mass is 9.90. The van der Waals surface area contributed by atoms with E-state index in [9.17, 15) is 24.9 Å². The predicted octanol–water partition coefficient (Wildman–Crippen LogP) is -3.62. The Labute approximate surface area is 102 Å². The number of hydrogen-bond acceptors (Lipinski definition) is 7. The molecule has 0 aliphatic carbocycles. The third-order valence-electron chi connectivity index (χ3n) is 2.67. The van der Waals surface area contributed by atoms with Gasteiger partial charge in [-0.15, -0.1) is 0 Å². The molecule has 6 N–H and O–H groups in total. The second-order valence-electron chi connectivity index (χ2n) is 4.00. The minimum atomic E-state index is -2.93. The molecule has 1 rings (SSSR count). The van der Waals surface area contributed by atoms with Gasteiger partial charge in [-0.3, -0.25) is 4.79 Å². The summed E-state index contributed by atoms with van der Waals surface area (Å²) in [5, 5.41) is 48.8. The molecule has 0 aromatic heterocycles. The van der Waals surface area contributed by atoms with Crippen molar-refractivity contribution in [3.05, 3.63) is 0 Å². The summed E-state index contributed by atoms with van der Waals surface area (Å²) in [5.74, 6) is -5.51. The number of carboxylic acid groups (broad SMARTS) is 1. The van der Waals surface area contributed by atoms with Crippen LogP contribution >= 0.6 is 0 Å². The second kappa shape index (κ2) is 5.16. The van der Waals surface area contributed by atoms with Crippen molar-refractivity contribution in [1.29, 1.82) is 0 Å². The van der Waals surface area contributed by atoms with Crippen LogP contribution in [0.15, 0.2) is 0 Å². The van der Waals surface area contributed by atoms with E-state index in [0.29, 0.717) is 0 Å². The van der Waals surface area contributed by atoms with Gasteiger partial charge in [-0.1, -0.05) is 0 Å². The number of carbonyl (C=O) groups is 2. The molecule has 0 radical (unpaired) electrons. The zero-order valence-corrected chi connectivity index (χ0v) is 9.48. The molecule has 18 heavy (non-hydrogen) atoms. The molecular weight excluding hydrogens is 250 g/mol. The Morgan fingerprint density at radius 2 is 1.89 bits per heavy atom. The lowest BCUT2D eigenvalue weighted by Crippen LogP contribution is -2.72. The Hall–Kier alpha value is -1.26. The highest BCUT2D eigenvalue weighted by Gasteiger charge is 2.58. The molecule has 1 amide bonds. The van der Waals surface area contributed by atoms with Crippen molar-refractivity contribution < 1.29 is 39.9 Å². The zero-order valence-electron chi connectivity index (χ0n) is 9.48. The minimum absolute atomic E-state index is 0.725. The van der Waals surface area contributed by atoms with Crippen LogP contribution in [0.4, 0.5) is 0 Å². The SMILES string of the molecule is CC(=O)N[C@@H]1[C@@H](O)[C@H](O)[C@@H](CO)OC1(O)C(=O)O. The third-order valence-corrected chi connectivity index (χ3v) is 2.67. The van der Waals surface area contributed by atoms with Gasteiger partial charge in [-0.2, -0.15) is 0 Å². The fourth-order valence-electron chi connectivity index (χ4n) is 1.75. The lowest BCUT2D eigenvalue weighted by Gasteiger charge is -2.45. The van der Waals surface area contributed by atoms with Crippen molar-refractivity contribution >= 4 is 11.9 Å². The number of nitrogens with one attached hydrogen (secondary N) is 1. The van der Waals surface area contributed by atoms with Crippen LogP contribution in [0, 0.1) is 0 Å². The first-order valence-electron chi connectivity index (χ1n) is 5.11. The van der Waals surface area contributed by atoms with Crippen molar-refractivity contribution in [3.8, 4) is 0 Å². The number of aliphatic carboxylic acids is 1. The normalized spacial score (nSPS) is 40.3. The Morgan fingerprint density at radius 3 is 2.28 bits per heavy atom. The van der Waals surface area contributed by atoms with E-state index >= 15 is 0 Å². The average Bonchev–Trinajstić information content (AvgIpc) is 2.29. The summed E-state index contributed by atoms with van der Waals surface area (Å²) in [6, 6.07) is -1.76. The average molecular weight is 265 g/mol. The fraction of sp³-hybridized carbons (Fsp3) is 0.778. The minimum Gasteiger partial charge on any atom is -0.477 e. The molecule has 104 valence electrons. The highest BCUT2D eigenvalue weighted by molar-refractivity contribution is 5.79. The Morgan fingerprint density at radius 1 is 1.33 bits per heavy atom. The number of amides is 1. The van der Waals surface area contributed by atoms with Crippen LogP contribution in [-0.4, -0.2) is 74.2 Å². The molecule has 1 fully saturated rings. The van der Waals surface area contributed by atoms with Gasteiger partial charge in [0.1, 0.15) is 24.4 Å². The topological polar surface area (TPSA) is 157 Å². The Kier molecular flexibility index (Phi) is 4.24. The van der Waals surface area contributed by atoms with Gasteiger partial charge in [-0.05, 0) is 0 Å². The van der Waals surface area contributed by atoms with Crippen LogP contribution in [0.2, 0.25) is 0 Å². The molecule has 0 bridgehead atoms. The van der Waals surface area contributed by atoms with Gasteiger partial charge in [0.15, 0.2) is 0 Å². The number of carboxylic acids is 1. The van der Waals surface area contributed by atoms with Crippen LogP contribution in [0.3, 0.4) is 0 Å². The lowest BCUT2D eigenvalue weighted by molar-refractivity contribution is -0.309. The fourth-order valence-corrected chi connectivity index (χ4v) is 1.75. The van der Waals surface area contributed by atoms with Gasteiger partial charge in [0.2, 0.25) is 5.91 Å². The first-order valence-corrected chi connectivity index (χ1v) is 5.11. The van der Waals surface area contributed by atoms with Gasteiger partial charge < -0.3 is 35.6 Å². The molecule has 0 spiro atoms. The number of aliphatic hydroxyl groups excluding tert-OH is 3. The quantitative estimate of drug-likeness (QED) is 0.305. The standard InChI is InChI=1S/C9H15NO8/c1-3(12)10-7-6(14)5(13)4(2-11)18-9(7,17)8(15)16/h4-7,11,13-14,17H,2H2,1H3,(H,10,12)(H,15,16)/t4-,5-,6+,7-,9?/m1/s1. The molecular formula is C9H15NO8. The molecule has 9 nitrogen and oxygen atoms in total. The van der Waals surface area contributed by atoms with E-state index in [1.807, 2.05) is 5.32 Å². The number of aliphatic hydroxyl groups is 4. The van der Waals surface area contributed by atoms with Crippen LogP contribution in [-0.2, 0) is 14.3 Å². The van der Waals surface area contributed by atoms with Crippen LogP contribution in [0.25, 0.3) is 0 Å². The van der Waals surface area contributed by atoms with E-state index in [0.717, 1.165) is 6.92 Å². The summed E-state index contributed by atoms with van der Waals surface area (Å²) in [6.07, 6.45) is -4.93. The maximum atomic E-state index is 11.0. The monoisotopic (exact) mass is 265 g/mol. The summed E-state index contributed by atoms with van der Waals surface area (Å²) in [5.41, 5.74) is 0. The first kappa shape index (κ1) is 14.8. The first-order chi connectivity index (χ1) is 8.24. The number of ether oxygens (including phenoxy) is 1. The summed E-state index contributed by atoms with van der Waals surface area (Å²) in [7, 11) is 0. The van der Waals surface area contributed by atoms with E-state index in [1.54, 1.807) is 0 Å². The largest absolute Gasteiger partial charge is 0.477 e. The molecule has 5 atom stereocenters. The van der Waals surface area contributed by atoms with Crippen molar-refractivity contribution in [2.75, 3.05) is 6.61 Å². The van der Waals surface area contributed by atoms with Crippen molar-refractivity contribution in [2.24, 2.45) is 0 Å². The summed E-state index contributed by atoms with van der Waals surface area (Å²) in [4.78, 5) is 21.9.